The predicted molar refractivity (Wildman–Crippen MR) is 152 cm³/mol. The van der Waals surface area contributed by atoms with Gasteiger partial charge in [-0.3, -0.25) is 0 Å². The van der Waals surface area contributed by atoms with Crippen molar-refractivity contribution in [1.82, 2.24) is 0 Å². The van der Waals surface area contributed by atoms with Crippen LogP contribution in [0.15, 0.2) is 60.7 Å². The number of anilines is 1. The van der Waals surface area contributed by atoms with E-state index in [-0.39, 0.29) is 16.8 Å². The molecule has 0 unspecified atom stereocenters. The van der Waals surface area contributed by atoms with Gasteiger partial charge in [0.15, 0.2) is 0 Å². The minimum atomic E-state index is -0.377. The summed E-state index contributed by atoms with van der Waals surface area (Å²) >= 11 is 0. The van der Waals surface area contributed by atoms with Gasteiger partial charge in [0, 0.05) is 5.69 Å². The topological polar surface area (TPSA) is 52.3 Å². The molecule has 3 aromatic carbocycles. The first-order valence-electron chi connectivity index (χ1n) is 13.0. The van der Waals surface area contributed by atoms with Crippen LogP contribution in [0.4, 0.5) is 5.69 Å². The molecule has 0 fully saturated rings. The maximum absolute atomic E-state index is 12.6. The van der Waals surface area contributed by atoms with Crippen molar-refractivity contribution < 1.29 is 9.53 Å². The van der Waals surface area contributed by atoms with Crippen LogP contribution >= 0.6 is 0 Å². The molecule has 0 saturated heterocycles. The van der Waals surface area contributed by atoms with Crippen molar-refractivity contribution in [2.24, 2.45) is 0 Å². The molecule has 0 saturated carbocycles. The fraction of sp³-hybridized carbons (Fsp3) is 0.364. The molecule has 4 rings (SSSR count). The molecule has 3 nitrogen and oxygen atoms in total. The standard InChI is InChI=1S/C33H39NO2/c1-7-8-9-25-19-29-30(33(5,6)21-32(29,3)4)20-28(25)22(2)18-23-10-12-24(13-11-23)31(35)36-27-16-14-26(34)15-17-27/h10-20H,7-9,21,34H2,1-6H3. The number of aryl methyl sites for hydroxylation is 1. The number of fused-ring (bicyclic) bond motifs is 1. The van der Waals surface area contributed by atoms with Crippen molar-refractivity contribution in [1.29, 1.82) is 0 Å². The van der Waals surface area contributed by atoms with Gasteiger partial charge in [-0.05, 0) is 107 Å². The van der Waals surface area contributed by atoms with Crippen molar-refractivity contribution in [3.63, 3.8) is 0 Å². The molecule has 0 heterocycles. The van der Waals surface area contributed by atoms with E-state index < -0.39 is 0 Å². The van der Waals surface area contributed by atoms with Crippen LogP contribution in [0.1, 0.15) is 99.0 Å². The highest BCUT2D eigenvalue weighted by Crippen LogP contribution is 2.50. The van der Waals surface area contributed by atoms with E-state index in [0.717, 1.165) is 12.0 Å². The van der Waals surface area contributed by atoms with Gasteiger partial charge in [-0.2, -0.15) is 0 Å². The molecule has 0 aliphatic heterocycles. The van der Waals surface area contributed by atoms with Gasteiger partial charge < -0.3 is 10.5 Å². The number of benzene rings is 3. The smallest absolute Gasteiger partial charge is 0.343 e. The zero-order valence-corrected chi connectivity index (χ0v) is 22.6. The average molecular weight is 482 g/mol. The Bertz CT molecular complexity index is 1280. The third-order valence-corrected chi connectivity index (χ3v) is 7.43. The number of carbonyl (C=O) groups is 1. The summed E-state index contributed by atoms with van der Waals surface area (Å²) in [6.45, 7) is 14.0. The molecule has 2 N–H and O–H groups in total. The van der Waals surface area contributed by atoms with Gasteiger partial charge >= 0.3 is 5.97 Å². The zero-order valence-electron chi connectivity index (χ0n) is 22.6. The fourth-order valence-corrected chi connectivity index (χ4v) is 5.75. The summed E-state index contributed by atoms with van der Waals surface area (Å²) in [6.07, 6.45) is 6.86. The first kappa shape index (κ1) is 25.8. The summed E-state index contributed by atoms with van der Waals surface area (Å²) in [7, 11) is 0. The molecule has 0 atom stereocenters. The maximum atomic E-state index is 12.6. The number of nitrogen functional groups attached to an aromatic ring is 1. The van der Waals surface area contributed by atoms with Crippen LogP contribution < -0.4 is 10.5 Å². The monoisotopic (exact) mass is 481 g/mol. The number of carbonyl (C=O) groups excluding carboxylic acids is 1. The van der Waals surface area contributed by atoms with Gasteiger partial charge in [-0.25, -0.2) is 4.79 Å². The van der Waals surface area contributed by atoms with Gasteiger partial charge in [0.1, 0.15) is 5.75 Å². The second-order valence-electron chi connectivity index (χ2n) is 11.5. The summed E-state index contributed by atoms with van der Waals surface area (Å²) in [6, 6.07) is 19.4. The molecule has 3 aromatic rings. The highest BCUT2D eigenvalue weighted by atomic mass is 16.5. The van der Waals surface area contributed by atoms with E-state index in [1.54, 1.807) is 24.3 Å². The molecule has 0 bridgehead atoms. The van der Waals surface area contributed by atoms with Crippen molar-refractivity contribution >= 4 is 23.3 Å². The van der Waals surface area contributed by atoms with E-state index in [2.05, 4.69) is 59.8 Å². The Balaban J connectivity index is 1.61. The van der Waals surface area contributed by atoms with Gasteiger partial charge in [0.05, 0.1) is 5.56 Å². The maximum Gasteiger partial charge on any atom is 0.343 e. The van der Waals surface area contributed by atoms with E-state index in [1.165, 1.54) is 47.1 Å². The Morgan fingerprint density at radius 1 is 0.944 bits per heavy atom. The van der Waals surface area contributed by atoms with Gasteiger partial charge in [-0.1, -0.05) is 71.4 Å². The van der Waals surface area contributed by atoms with Crippen LogP contribution in [-0.4, -0.2) is 5.97 Å². The van der Waals surface area contributed by atoms with Crippen molar-refractivity contribution in [2.75, 3.05) is 5.73 Å². The lowest BCUT2D eigenvalue weighted by Crippen LogP contribution is -2.18. The average Bonchev–Trinajstić information content (AvgIpc) is 3.01. The second-order valence-corrected chi connectivity index (χ2v) is 11.5. The quantitative estimate of drug-likeness (QED) is 0.160. The van der Waals surface area contributed by atoms with Crippen LogP contribution in [0, 0.1) is 0 Å². The second kappa shape index (κ2) is 9.97. The summed E-state index contributed by atoms with van der Waals surface area (Å²) in [4.78, 5) is 12.6. The number of allylic oxidation sites excluding steroid dienone is 1. The lowest BCUT2D eigenvalue weighted by atomic mass is 9.82. The molecule has 3 heteroatoms. The summed E-state index contributed by atoms with van der Waals surface area (Å²) in [5.74, 6) is 0.105. The minimum Gasteiger partial charge on any atom is -0.423 e. The van der Waals surface area contributed by atoms with Gasteiger partial charge in [-0.15, -0.1) is 0 Å². The summed E-state index contributed by atoms with van der Waals surface area (Å²) in [5.41, 5.74) is 15.3. The third-order valence-electron chi connectivity index (χ3n) is 7.43. The number of ether oxygens (including phenoxy) is 1. The first-order valence-corrected chi connectivity index (χ1v) is 13.0. The summed E-state index contributed by atoms with van der Waals surface area (Å²) < 4.78 is 5.47. The van der Waals surface area contributed by atoms with Crippen molar-refractivity contribution in [3.8, 4) is 5.75 Å². The lowest BCUT2D eigenvalue weighted by molar-refractivity contribution is 0.0735. The third kappa shape index (κ3) is 5.41. The van der Waals surface area contributed by atoms with Crippen LogP contribution in [0.3, 0.4) is 0 Å². The Kier molecular flexibility index (Phi) is 7.13. The highest BCUT2D eigenvalue weighted by Gasteiger charge is 2.42. The molecular weight excluding hydrogens is 442 g/mol. The Morgan fingerprint density at radius 3 is 2.17 bits per heavy atom. The number of nitrogens with two attached hydrogens (primary N) is 1. The van der Waals surface area contributed by atoms with E-state index in [0.29, 0.717) is 17.0 Å². The molecular formula is C33H39NO2. The number of rotatable bonds is 7. The number of unbranched alkanes of at least 4 members (excludes halogenated alkanes) is 1. The predicted octanol–water partition coefficient (Wildman–Crippen LogP) is 8.35. The SMILES string of the molecule is CCCCc1cc2c(cc1C(C)=Cc1ccc(C(=O)Oc3ccc(N)cc3)cc1)C(C)(C)CC2(C)C. The molecule has 0 radical (unpaired) electrons. The molecule has 0 amide bonds. The van der Waals surface area contributed by atoms with Crippen molar-refractivity contribution in [2.45, 2.75) is 78.1 Å². The number of esters is 1. The van der Waals surface area contributed by atoms with E-state index in [9.17, 15) is 4.79 Å². The van der Waals surface area contributed by atoms with Crippen LogP contribution in [-0.2, 0) is 17.3 Å². The first-order chi connectivity index (χ1) is 17.0. The van der Waals surface area contributed by atoms with Crippen molar-refractivity contribution in [3.05, 3.63) is 94.0 Å². The minimum absolute atomic E-state index is 0.170. The Labute approximate surface area is 216 Å². The molecule has 0 spiro atoms. The van der Waals surface area contributed by atoms with E-state index in [1.807, 2.05) is 24.3 Å². The Morgan fingerprint density at radius 2 is 1.56 bits per heavy atom. The zero-order chi connectivity index (χ0) is 26.1. The fourth-order valence-electron chi connectivity index (χ4n) is 5.75. The Hall–Kier alpha value is -3.33. The molecule has 36 heavy (non-hydrogen) atoms. The highest BCUT2D eigenvalue weighted by molar-refractivity contribution is 5.91. The van der Waals surface area contributed by atoms with E-state index >= 15 is 0 Å². The largest absolute Gasteiger partial charge is 0.423 e. The van der Waals surface area contributed by atoms with Crippen LogP contribution in [0.25, 0.3) is 11.6 Å². The molecule has 0 aromatic heterocycles. The van der Waals surface area contributed by atoms with Gasteiger partial charge in [0.25, 0.3) is 0 Å². The lowest BCUT2D eigenvalue weighted by Gasteiger charge is -2.22. The van der Waals surface area contributed by atoms with Crippen LogP contribution in [0.2, 0.25) is 0 Å². The van der Waals surface area contributed by atoms with Crippen LogP contribution in [0.5, 0.6) is 5.75 Å². The molecule has 188 valence electrons. The summed E-state index contributed by atoms with van der Waals surface area (Å²) in [5, 5.41) is 0. The number of hydrogen-bond donors (Lipinski definition) is 1. The molecule has 1 aliphatic rings. The molecule has 1 aliphatic carbocycles. The normalized spacial score (nSPS) is 16.0. The van der Waals surface area contributed by atoms with Gasteiger partial charge in [0.2, 0.25) is 0 Å². The number of hydrogen-bond acceptors (Lipinski definition) is 3. The van der Waals surface area contributed by atoms with E-state index in [4.69, 9.17) is 10.5 Å².